The van der Waals surface area contributed by atoms with Crippen molar-refractivity contribution in [3.8, 4) is 0 Å². The van der Waals surface area contributed by atoms with Crippen molar-refractivity contribution in [1.82, 2.24) is 9.78 Å². The molecule has 1 aliphatic heterocycles. The monoisotopic (exact) mass is 338 g/mol. The van der Waals surface area contributed by atoms with Crippen LogP contribution in [0.15, 0.2) is 6.20 Å². The molecule has 1 fully saturated rings. The van der Waals surface area contributed by atoms with Crippen molar-refractivity contribution in [3.05, 3.63) is 11.9 Å². The fourth-order valence-corrected chi connectivity index (χ4v) is 3.09. The van der Waals surface area contributed by atoms with Gasteiger partial charge in [-0.15, -0.1) is 0 Å². The van der Waals surface area contributed by atoms with Crippen molar-refractivity contribution in [1.29, 1.82) is 0 Å². The number of hydrogen-bond donors (Lipinski definition) is 0. The third kappa shape index (κ3) is 4.47. The molecular formula is C16H31BN2O3Si. The number of rotatable bonds is 6. The van der Waals surface area contributed by atoms with Crippen LogP contribution in [-0.2, 0) is 20.8 Å². The summed E-state index contributed by atoms with van der Waals surface area (Å²) in [5.74, 6) is 0. The van der Waals surface area contributed by atoms with Crippen LogP contribution in [0.2, 0.25) is 25.7 Å². The predicted octanol–water partition coefficient (Wildman–Crippen LogP) is 2.80. The lowest BCUT2D eigenvalue weighted by Crippen LogP contribution is -2.41. The minimum atomic E-state index is -1.05. The van der Waals surface area contributed by atoms with E-state index in [2.05, 4.69) is 52.4 Å². The van der Waals surface area contributed by atoms with E-state index in [1.165, 1.54) is 0 Å². The zero-order valence-corrected chi connectivity index (χ0v) is 16.9. The van der Waals surface area contributed by atoms with Crippen LogP contribution >= 0.6 is 0 Å². The van der Waals surface area contributed by atoms with Crippen LogP contribution in [0.25, 0.3) is 0 Å². The standard InChI is InChI=1S/C16H31BN2O3Si/c1-13-14(17-21-15(2,3)16(4,5)22-17)11-19(18-13)12-20-9-10-23(6,7)8/h11H,9-10,12H2,1-8H3. The Bertz CT molecular complexity index is 536. The molecule has 2 rings (SSSR count). The Labute approximate surface area is 141 Å². The number of ether oxygens (including phenoxy) is 1. The van der Waals surface area contributed by atoms with E-state index in [4.69, 9.17) is 14.0 Å². The molecule has 0 aliphatic carbocycles. The zero-order valence-electron chi connectivity index (χ0n) is 15.9. The summed E-state index contributed by atoms with van der Waals surface area (Å²) in [6.45, 7) is 18.6. The third-order valence-corrected chi connectivity index (χ3v) is 6.42. The van der Waals surface area contributed by atoms with Crippen molar-refractivity contribution < 1.29 is 14.0 Å². The van der Waals surface area contributed by atoms with E-state index in [0.29, 0.717) is 6.73 Å². The molecule has 23 heavy (non-hydrogen) atoms. The van der Waals surface area contributed by atoms with Gasteiger partial charge in [0.05, 0.1) is 16.9 Å². The van der Waals surface area contributed by atoms with Gasteiger partial charge in [-0.2, -0.15) is 5.10 Å². The largest absolute Gasteiger partial charge is 0.498 e. The highest BCUT2D eigenvalue weighted by Crippen LogP contribution is 2.36. The molecule has 0 atom stereocenters. The Kier molecular flexibility index (Phi) is 5.17. The zero-order chi connectivity index (χ0) is 17.5. The molecule has 130 valence electrons. The normalized spacial score (nSPS) is 20.3. The molecular weight excluding hydrogens is 307 g/mol. The van der Waals surface area contributed by atoms with Gasteiger partial charge in [0.25, 0.3) is 0 Å². The first-order chi connectivity index (χ1) is 10.4. The molecule has 0 N–H and O–H groups in total. The molecule has 0 saturated carbocycles. The van der Waals surface area contributed by atoms with Crippen LogP contribution in [0.1, 0.15) is 33.4 Å². The van der Waals surface area contributed by atoms with Gasteiger partial charge in [0, 0.05) is 26.3 Å². The Morgan fingerprint density at radius 2 is 1.74 bits per heavy atom. The first kappa shape index (κ1) is 18.7. The van der Waals surface area contributed by atoms with E-state index in [9.17, 15) is 0 Å². The number of nitrogens with zero attached hydrogens (tertiary/aromatic N) is 2. The third-order valence-electron chi connectivity index (χ3n) is 4.71. The summed E-state index contributed by atoms with van der Waals surface area (Å²) < 4.78 is 19.8. The molecule has 1 saturated heterocycles. The molecule has 1 aromatic heterocycles. The smallest absolute Gasteiger partial charge is 0.399 e. The van der Waals surface area contributed by atoms with Crippen molar-refractivity contribution in [2.24, 2.45) is 0 Å². The van der Waals surface area contributed by atoms with E-state index in [1.54, 1.807) is 0 Å². The Balaban J connectivity index is 1.97. The highest BCUT2D eigenvalue weighted by Gasteiger charge is 2.52. The van der Waals surface area contributed by atoms with Crippen LogP contribution in [0, 0.1) is 6.92 Å². The lowest BCUT2D eigenvalue weighted by Gasteiger charge is -2.32. The predicted molar refractivity (Wildman–Crippen MR) is 96.8 cm³/mol. The molecule has 5 nitrogen and oxygen atoms in total. The van der Waals surface area contributed by atoms with E-state index in [1.807, 2.05) is 17.8 Å². The van der Waals surface area contributed by atoms with Crippen LogP contribution in [0.3, 0.4) is 0 Å². The van der Waals surface area contributed by atoms with E-state index in [0.717, 1.165) is 23.8 Å². The Morgan fingerprint density at radius 3 is 2.26 bits per heavy atom. The van der Waals surface area contributed by atoms with E-state index < -0.39 is 8.07 Å². The van der Waals surface area contributed by atoms with Crippen LogP contribution in [0.5, 0.6) is 0 Å². The van der Waals surface area contributed by atoms with Gasteiger partial charge in [-0.05, 0) is 40.7 Å². The Morgan fingerprint density at radius 1 is 1.17 bits per heavy atom. The number of aryl methyl sites for hydroxylation is 1. The molecule has 0 radical (unpaired) electrons. The molecule has 0 amide bonds. The second-order valence-corrected chi connectivity index (χ2v) is 14.3. The maximum absolute atomic E-state index is 6.10. The lowest BCUT2D eigenvalue weighted by atomic mass is 9.79. The molecule has 1 aliphatic rings. The van der Waals surface area contributed by atoms with E-state index in [-0.39, 0.29) is 18.3 Å². The maximum atomic E-state index is 6.10. The van der Waals surface area contributed by atoms with Crippen molar-refractivity contribution in [2.45, 2.75) is 78.2 Å². The minimum Gasteiger partial charge on any atom is -0.399 e. The average Bonchev–Trinajstić information content (AvgIpc) is 2.82. The first-order valence-corrected chi connectivity index (χ1v) is 12.1. The Hall–Kier alpha value is -0.628. The molecule has 0 bridgehead atoms. The van der Waals surface area contributed by atoms with Gasteiger partial charge in [-0.1, -0.05) is 19.6 Å². The first-order valence-electron chi connectivity index (χ1n) is 8.39. The second-order valence-electron chi connectivity index (χ2n) is 8.65. The number of hydrogen-bond acceptors (Lipinski definition) is 4. The fraction of sp³-hybridized carbons (Fsp3) is 0.812. The van der Waals surface area contributed by atoms with Crippen molar-refractivity contribution >= 4 is 20.7 Å². The second kappa shape index (κ2) is 6.35. The van der Waals surface area contributed by atoms with Gasteiger partial charge >= 0.3 is 7.12 Å². The van der Waals surface area contributed by atoms with Crippen molar-refractivity contribution in [2.75, 3.05) is 6.61 Å². The summed E-state index contributed by atoms with van der Waals surface area (Å²) in [5.41, 5.74) is 1.25. The van der Waals surface area contributed by atoms with Crippen molar-refractivity contribution in [3.63, 3.8) is 0 Å². The van der Waals surface area contributed by atoms with Gasteiger partial charge in [0.15, 0.2) is 0 Å². The highest BCUT2D eigenvalue weighted by molar-refractivity contribution is 6.76. The molecule has 2 heterocycles. The number of aromatic nitrogens is 2. The van der Waals surface area contributed by atoms with Gasteiger partial charge < -0.3 is 14.0 Å². The minimum absolute atomic E-state index is 0.333. The molecule has 0 unspecified atom stereocenters. The molecule has 1 aromatic rings. The van der Waals surface area contributed by atoms with Gasteiger partial charge in [0.2, 0.25) is 0 Å². The SMILES string of the molecule is Cc1nn(COCC[Si](C)(C)C)cc1B1OC(C)(C)C(C)(C)O1. The quantitative estimate of drug-likeness (QED) is 0.591. The topological polar surface area (TPSA) is 45.5 Å². The summed E-state index contributed by atoms with van der Waals surface area (Å²) in [6.07, 6.45) is 1.98. The fourth-order valence-electron chi connectivity index (χ4n) is 2.34. The molecule has 0 aromatic carbocycles. The summed E-state index contributed by atoms with van der Waals surface area (Å²) in [6, 6.07) is 1.16. The van der Waals surface area contributed by atoms with Gasteiger partial charge in [-0.3, -0.25) is 0 Å². The highest BCUT2D eigenvalue weighted by atomic mass is 28.3. The summed E-state index contributed by atoms with van der Waals surface area (Å²) in [7, 11) is -1.41. The average molecular weight is 338 g/mol. The van der Waals surface area contributed by atoms with Gasteiger partial charge in [0.1, 0.15) is 6.73 Å². The summed E-state index contributed by atoms with van der Waals surface area (Å²) in [5, 5.41) is 4.53. The maximum Gasteiger partial charge on any atom is 0.498 e. The van der Waals surface area contributed by atoms with Crippen LogP contribution < -0.4 is 5.46 Å². The molecule has 0 spiro atoms. The van der Waals surface area contributed by atoms with Crippen LogP contribution in [0.4, 0.5) is 0 Å². The van der Waals surface area contributed by atoms with E-state index >= 15 is 0 Å². The van der Waals surface area contributed by atoms with Crippen LogP contribution in [-0.4, -0.2) is 42.8 Å². The molecule has 7 heteroatoms. The summed E-state index contributed by atoms with van der Waals surface area (Å²) >= 11 is 0. The lowest BCUT2D eigenvalue weighted by molar-refractivity contribution is 0.00578. The van der Waals surface area contributed by atoms with Gasteiger partial charge in [-0.25, -0.2) is 4.68 Å². The summed E-state index contributed by atoms with van der Waals surface area (Å²) in [4.78, 5) is 0.